The molecule has 0 aliphatic heterocycles. The highest BCUT2D eigenvalue weighted by molar-refractivity contribution is 14.0. The van der Waals surface area contributed by atoms with Crippen molar-refractivity contribution in [2.24, 2.45) is 4.99 Å². The Kier molecular flexibility index (Phi) is 10.1. The number of para-hydroxylation sites is 1. The van der Waals surface area contributed by atoms with E-state index in [1.807, 2.05) is 37.4 Å². The number of thiazole rings is 1. The van der Waals surface area contributed by atoms with Crippen molar-refractivity contribution in [2.45, 2.75) is 32.9 Å². The molecule has 0 saturated heterocycles. The minimum atomic E-state index is 0. The summed E-state index contributed by atoms with van der Waals surface area (Å²) < 4.78 is 5.97. The molecule has 1 heterocycles. The van der Waals surface area contributed by atoms with Crippen molar-refractivity contribution in [1.82, 2.24) is 15.6 Å². The van der Waals surface area contributed by atoms with Gasteiger partial charge in [-0.05, 0) is 25.5 Å². The van der Waals surface area contributed by atoms with Crippen LogP contribution >= 0.6 is 46.9 Å². The predicted molar refractivity (Wildman–Crippen MR) is 117 cm³/mol. The molecule has 2 aromatic rings. The van der Waals surface area contributed by atoms with E-state index in [1.54, 1.807) is 18.4 Å². The largest absolute Gasteiger partial charge is 0.487 e. The van der Waals surface area contributed by atoms with Crippen LogP contribution in [-0.2, 0) is 6.54 Å². The Hall–Kier alpha value is -1.06. The summed E-state index contributed by atoms with van der Waals surface area (Å²) in [6, 6.07) is 7.51. The van der Waals surface area contributed by atoms with Gasteiger partial charge in [0.2, 0.25) is 0 Å². The summed E-state index contributed by atoms with van der Waals surface area (Å²) in [4.78, 5) is 9.77. The van der Waals surface area contributed by atoms with E-state index < -0.39 is 0 Å². The summed E-state index contributed by atoms with van der Waals surface area (Å²) in [5.74, 6) is 1.43. The van der Waals surface area contributed by atoms with E-state index in [0.717, 1.165) is 17.4 Å². The molecule has 8 heteroatoms. The van der Waals surface area contributed by atoms with E-state index in [4.69, 9.17) is 16.3 Å². The molecule has 0 saturated carbocycles. The number of rotatable bonds is 7. The number of nitrogens with one attached hydrogen (secondary N) is 2. The summed E-state index contributed by atoms with van der Waals surface area (Å²) in [5, 5.41) is 8.20. The maximum Gasteiger partial charge on any atom is 0.191 e. The van der Waals surface area contributed by atoms with E-state index in [0.29, 0.717) is 23.9 Å². The fourth-order valence-corrected chi connectivity index (χ4v) is 2.97. The standard InChI is InChI=1S/C17H23ClN4OS.HI/c1-4-13(23-15-8-6-5-7-14(15)18)10-21-17(19-3)22-11-16-20-9-12(2)24-16;/h5-9,13H,4,10-11H2,1-3H3,(H2,19,21,22);1H. The zero-order valence-corrected chi connectivity index (χ0v) is 18.5. The van der Waals surface area contributed by atoms with Crippen molar-refractivity contribution < 1.29 is 4.74 Å². The molecule has 0 spiro atoms. The molecule has 0 bridgehead atoms. The second-order valence-electron chi connectivity index (χ2n) is 5.25. The lowest BCUT2D eigenvalue weighted by molar-refractivity contribution is 0.199. The molecule has 1 unspecified atom stereocenters. The number of benzene rings is 1. The molecular formula is C17H24ClIN4OS. The zero-order valence-electron chi connectivity index (χ0n) is 14.6. The van der Waals surface area contributed by atoms with E-state index in [2.05, 4.69) is 27.5 Å². The SMILES string of the molecule is CCC(CNC(=NC)NCc1ncc(C)s1)Oc1ccccc1Cl.I. The summed E-state index contributed by atoms with van der Waals surface area (Å²) in [6.45, 7) is 5.42. The van der Waals surface area contributed by atoms with E-state index in [9.17, 15) is 0 Å². The number of nitrogens with zero attached hydrogens (tertiary/aromatic N) is 2. The lowest BCUT2D eigenvalue weighted by atomic mass is 10.2. The first-order valence-electron chi connectivity index (χ1n) is 7.89. The quantitative estimate of drug-likeness (QED) is 0.343. The fourth-order valence-electron chi connectivity index (χ4n) is 2.06. The maximum absolute atomic E-state index is 6.15. The molecule has 1 aromatic carbocycles. The second-order valence-corrected chi connectivity index (χ2v) is 6.98. The summed E-state index contributed by atoms with van der Waals surface area (Å²) in [6.07, 6.45) is 2.74. The number of hydrogen-bond acceptors (Lipinski definition) is 4. The first-order chi connectivity index (χ1) is 11.6. The van der Waals surface area contributed by atoms with Crippen molar-refractivity contribution >= 4 is 52.9 Å². The molecular weight excluding hydrogens is 471 g/mol. The third-order valence-corrected chi connectivity index (χ3v) is 4.61. The van der Waals surface area contributed by atoms with Gasteiger partial charge in [-0.2, -0.15) is 0 Å². The molecule has 0 fully saturated rings. The van der Waals surface area contributed by atoms with Crippen LogP contribution in [0, 0.1) is 6.92 Å². The molecule has 1 aromatic heterocycles. The zero-order chi connectivity index (χ0) is 17.4. The minimum absolute atomic E-state index is 0. The monoisotopic (exact) mass is 494 g/mol. The molecule has 2 rings (SSSR count). The van der Waals surface area contributed by atoms with Crippen LogP contribution in [-0.4, -0.2) is 30.6 Å². The number of guanidine groups is 1. The number of aryl methyl sites for hydroxylation is 1. The first-order valence-corrected chi connectivity index (χ1v) is 9.08. The summed E-state index contributed by atoms with van der Waals surface area (Å²) in [7, 11) is 1.75. The molecule has 25 heavy (non-hydrogen) atoms. The van der Waals surface area contributed by atoms with Crippen LogP contribution in [0.1, 0.15) is 23.2 Å². The van der Waals surface area contributed by atoms with E-state index in [-0.39, 0.29) is 30.1 Å². The number of hydrogen-bond donors (Lipinski definition) is 2. The van der Waals surface area contributed by atoms with Crippen molar-refractivity contribution in [3.63, 3.8) is 0 Å². The third-order valence-electron chi connectivity index (χ3n) is 3.38. The van der Waals surface area contributed by atoms with E-state index >= 15 is 0 Å². The van der Waals surface area contributed by atoms with Crippen LogP contribution in [0.2, 0.25) is 5.02 Å². The number of halogens is 2. The van der Waals surface area contributed by atoms with Gasteiger partial charge in [0.1, 0.15) is 16.9 Å². The average Bonchev–Trinajstić information content (AvgIpc) is 3.01. The lowest BCUT2D eigenvalue weighted by Gasteiger charge is -2.20. The lowest BCUT2D eigenvalue weighted by Crippen LogP contribution is -2.42. The number of ether oxygens (including phenoxy) is 1. The molecule has 0 aliphatic carbocycles. The fraction of sp³-hybridized carbons (Fsp3) is 0.412. The van der Waals surface area contributed by atoms with Gasteiger partial charge in [-0.15, -0.1) is 35.3 Å². The van der Waals surface area contributed by atoms with Gasteiger partial charge in [-0.25, -0.2) is 4.98 Å². The topological polar surface area (TPSA) is 58.5 Å². The molecule has 5 nitrogen and oxygen atoms in total. The van der Waals surface area contributed by atoms with Gasteiger partial charge >= 0.3 is 0 Å². The van der Waals surface area contributed by atoms with Crippen molar-refractivity contribution in [3.8, 4) is 5.75 Å². The van der Waals surface area contributed by atoms with Crippen LogP contribution in [0.4, 0.5) is 0 Å². The highest BCUT2D eigenvalue weighted by Gasteiger charge is 2.11. The normalized spacial score (nSPS) is 12.2. The van der Waals surface area contributed by atoms with E-state index in [1.165, 1.54) is 4.88 Å². The van der Waals surface area contributed by atoms with Crippen LogP contribution in [0.3, 0.4) is 0 Å². The molecule has 1 atom stereocenters. The average molecular weight is 495 g/mol. The second kappa shape index (κ2) is 11.5. The Morgan fingerprint density at radius 3 is 2.72 bits per heavy atom. The van der Waals surface area contributed by atoms with Crippen LogP contribution in [0.5, 0.6) is 5.75 Å². The predicted octanol–water partition coefficient (Wildman–Crippen LogP) is 4.25. The Labute approximate surface area is 175 Å². The van der Waals surface area contributed by atoms with Gasteiger partial charge in [0, 0.05) is 18.1 Å². The Balaban J connectivity index is 0.00000312. The van der Waals surface area contributed by atoms with Crippen LogP contribution in [0.25, 0.3) is 0 Å². The number of aromatic nitrogens is 1. The van der Waals surface area contributed by atoms with Crippen molar-refractivity contribution in [3.05, 3.63) is 45.4 Å². The third kappa shape index (κ3) is 7.37. The molecule has 2 N–H and O–H groups in total. The minimum Gasteiger partial charge on any atom is -0.487 e. The van der Waals surface area contributed by atoms with Gasteiger partial charge in [0.15, 0.2) is 5.96 Å². The maximum atomic E-state index is 6.15. The Bertz CT molecular complexity index is 680. The molecule has 138 valence electrons. The summed E-state index contributed by atoms with van der Waals surface area (Å²) in [5.41, 5.74) is 0. The van der Waals surface area contributed by atoms with Crippen molar-refractivity contribution in [2.75, 3.05) is 13.6 Å². The summed E-state index contributed by atoms with van der Waals surface area (Å²) >= 11 is 7.82. The van der Waals surface area contributed by atoms with Crippen LogP contribution in [0.15, 0.2) is 35.5 Å². The highest BCUT2D eigenvalue weighted by Crippen LogP contribution is 2.24. The van der Waals surface area contributed by atoms with Gasteiger partial charge in [-0.3, -0.25) is 4.99 Å². The smallest absolute Gasteiger partial charge is 0.191 e. The van der Waals surface area contributed by atoms with Crippen molar-refractivity contribution in [1.29, 1.82) is 0 Å². The van der Waals surface area contributed by atoms with Gasteiger partial charge in [0.05, 0.1) is 18.1 Å². The number of aliphatic imine (C=N–C) groups is 1. The molecule has 0 radical (unpaired) electrons. The molecule has 0 amide bonds. The highest BCUT2D eigenvalue weighted by atomic mass is 127. The van der Waals surface area contributed by atoms with Gasteiger partial charge in [0.25, 0.3) is 0 Å². The molecule has 0 aliphatic rings. The van der Waals surface area contributed by atoms with Gasteiger partial charge < -0.3 is 15.4 Å². The Morgan fingerprint density at radius 1 is 1.36 bits per heavy atom. The van der Waals surface area contributed by atoms with Gasteiger partial charge in [-0.1, -0.05) is 30.7 Å². The first kappa shape index (κ1) is 22.0. The van der Waals surface area contributed by atoms with Crippen LogP contribution < -0.4 is 15.4 Å². The Morgan fingerprint density at radius 2 is 2.12 bits per heavy atom.